The van der Waals surface area contributed by atoms with Crippen molar-refractivity contribution in [3.8, 4) is 17.6 Å². The first-order valence-corrected chi connectivity index (χ1v) is 22.4. The van der Waals surface area contributed by atoms with Crippen LogP contribution in [0.5, 0.6) is 11.5 Å². The van der Waals surface area contributed by atoms with Gasteiger partial charge in [-0.3, -0.25) is 14.9 Å². The molecule has 4 saturated heterocycles. The van der Waals surface area contributed by atoms with Gasteiger partial charge in [0.15, 0.2) is 5.75 Å². The number of methoxy groups -OCH3 is 1. The van der Waals surface area contributed by atoms with Crippen molar-refractivity contribution in [2.45, 2.75) is 83.2 Å². The van der Waals surface area contributed by atoms with Crippen LogP contribution in [0.25, 0.3) is 0 Å². The van der Waals surface area contributed by atoms with E-state index in [0.717, 1.165) is 84.9 Å². The van der Waals surface area contributed by atoms with Crippen molar-refractivity contribution < 1.29 is 19.1 Å². The molecule has 0 saturated carbocycles. The molecule has 0 spiro atoms. The van der Waals surface area contributed by atoms with Crippen molar-refractivity contribution >= 4 is 35.1 Å². The Labute approximate surface area is 365 Å². The zero-order chi connectivity index (χ0) is 42.5. The summed E-state index contributed by atoms with van der Waals surface area (Å²) in [6, 6.07) is 24.4. The average molecular weight is 845 g/mol. The van der Waals surface area contributed by atoms with Crippen LogP contribution in [0, 0.1) is 29.1 Å². The Morgan fingerprint density at radius 3 is 2.16 bits per heavy atom. The standard InChI is InChI=1S/C49H58ClN7O4/c1-49(2,39-28-37(30-51)46(60-3)44(50)29-39)38-6-10-42(11-7-38)61-32-40-14-21-52-48(53-40)57-24-15-33(16-25-57)31-55-22-17-34(18-23-55)35-19-26-56(27-20-35)41-8-4-36(5-9-41)43-12-13-45(58)54-47(43)59/h4-11,14,21,28-29,33-35,43H,12-13,15-20,22-27,31-32H2,1-3H3,(H,54,58,59). The Hall–Kier alpha value is -5.18. The third kappa shape index (κ3) is 9.82. The highest BCUT2D eigenvalue weighted by molar-refractivity contribution is 6.32. The summed E-state index contributed by atoms with van der Waals surface area (Å²) in [4.78, 5) is 41.0. The smallest absolute Gasteiger partial charge is 0.234 e. The van der Waals surface area contributed by atoms with Crippen LogP contribution in [-0.4, -0.2) is 79.6 Å². The first-order valence-electron chi connectivity index (χ1n) is 22.1. The minimum atomic E-state index is -0.396. The van der Waals surface area contributed by atoms with E-state index in [1.54, 1.807) is 0 Å². The molecule has 12 heteroatoms. The maximum Gasteiger partial charge on any atom is 0.234 e. The summed E-state index contributed by atoms with van der Waals surface area (Å²) in [6.07, 6.45) is 10.2. The van der Waals surface area contributed by atoms with Gasteiger partial charge >= 0.3 is 0 Å². The molecule has 1 atom stereocenters. The Bertz CT molecular complexity index is 2200. The van der Waals surface area contributed by atoms with Gasteiger partial charge in [-0.05, 0) is 135 Å². The molecule has 1 N–H and O–H groups in total. The van der Waals surface area contributed by atoms with Gasteiger partial charge in [-0.2, -0.15) is 5.26 Å². The lowest BCUT2D eigenvalue weighted by molar-refractivity contribution is -0.134. The summed E-state index contributed by atoms with van der Waals surface area (Å²) in [5.74, 6) is 3.69. The number of amides is 2. The van der Waals surface area contributed by atoms with Crippen molar-refractivity contribution in [3.05, 3.63) is 106 Å². The quantitative estimate of drug-likeness (QED) is 0.139. The van der Waals surface area contributed by atoms with Crippen LogP contribution in [-0.2, 0) is 21.6 Å². The molecule has 11 nitrogen and oxygen atoms in total. The van der Waals surface area contributed by atoms with Gasteiger partial charge in [0.25, 0.3) is 0 Å². The van der Waals surface area contributed by atoms with Gasteiger partial charge in [-0.25, -0.2) is 9.97 Å². The lowest BCUT2D eigenvalue weighted by Crippen LogP contribution is -2.44. The van der Waals surface area contributed by atoms with Crippen molar-refractivity contribution in [1.82, 2.24) is 20.2 Å². The van der Waals surface area contributed by atoms with E-state index in [-0.39, 0.29) is 17.7 Å². The van der Waals surface area contributed by atoms with E-state index in [4.69, 9.17) is 26.1 Å². The molecule has 1 unspecified atom stereocenters. The first kappa shape index (κ1) is 42.5. The van der Waals surface area contributed by atoms with Gasteiger partial charge in [0.05, 0.1) is 29.3 Å². The number of nitrogens with one attached hydrogen (secondary N) is 1. The number of benzene rings is 3. The summed E-state index contributed by atoms with van der Waals surface area (Å²) in [7, 11) is 1.52. The molecule has 4 aliphatic rings. The highest BCUT2D eigenvalue weighted by atomic mass is 35.5. The molecular formula is C49H58ClN7O4. The number of rotatable bonds is 12. The Morgan fingerprint density at radius 2 is 1.51 bits per heavy atom. The van der Waals surface area contributed by atoms with Crippen LogP contribution in [0.4, 0.5) is 11.6 Å². The summed E-state index contributed by atoms with van der Waals surface area (Å²) >= 11 is 6.47. The molecule has 61 heavy (non-hydrogen) atoms. The van der Waals surface area contributed by atoms with Gasteiger partial charge in [0.2, 0.25) is 17.8 Å². The second-order valence-electron chi connectivity index (χ2n) is 17.9. The fourth-order valence-corrected chi connectivity index (χ4v) is 10.3. The third-order valence-corrected chi connectivity index (χ3v) is 14.2. The molecule has 1 aromatic heterocycles. The molecule has 0 aliphatic carbocycles. The Balaban J connectivity index is 0.747. The second-order valence-corrected chi connectivity index (χ2v) is 18.3. The van der Waals surface area contributed by atoms with Crippen LogP contribution in [0.15, 0.2) is 72.9 Å². The number of likely N-dealkylation sites (tertiary alicyclic amines) is 1. The SMILES string of the molecule is COc1c(Cl)cc(C(C)(C)c2ccc(OCc3ccnc(N4CCC(CN5CCC(C6CCN(c7ccc(C8CCC(=O)NC8=O)cc7)CC6)CC5)CC4)n3)cc2)cc1C#N. The van der Waals surface area contributed by atoms with Crippen molar-refractivity contribution in [1.29, 1.82) is 5.26 Å². The monoisotopic (exact) mass is 843 g/mol. The van der Waals surface area contributed by atoms with E-state index < -0.39 is 5.41 Å². The van der Waals surface area contributed by atoms with Crippen LogP contribution in [0.3, 0.4) is 0 Å². The predicted molar refractivity (Wildman–Crippen MR) is 238 cm³/mol. The summed E-state index contributed by atoms with van der Waals surface area (Å²) in [5.41, 5.74) is 5.11. The lowest BCUT2D eigenvalue weighted by Gasteiger charge is -2.42. The summed E-state index contributed by atoms with van der Waals surface area (Å²) in [6.45, 7) is 12.3. The molecule has 320 valence electrons. The van der Waals surface area contributed by atoms with Crippen molar-refractivity contribution in [3.63, 3.8) is 0 Å². The molecule has 0 bridgehead atoms. The van der Waals surface area contributed by atoms with Gasteiger partial charge < -0.3 is 24.2 Å². The van der Waals surface area contributed by atoms with Crippen LogP contribution in [0.2, 0.25) is 5.02 Å². The second kappa shape index (κ2) is 18.8. The van der Waals surface area contributed by atoms with Gasteiger partial charge in [-0.1, -0.05) is 49.7 Å². The molecule has 8 rings (SSSR count). The van der Waals surface area contributed by atoms with E-state index in [9.17, 15) is 14.9 Å². The largest absolute Gasteiger partial charge is 0.494 e. The van der Waals surface area contributed by atoms with E-state index >= 15 is 0 Å². The van der Waals surface area contributed by atoms with Gasteiger partial charge in [-0.15, -0.1) is 0 Å². The topological polar surface area (TPSA) is 124 Å². The zero-order valence-electron chi connectivity index (χ0n) is 35.7. The maximum absolute atomic E-state index is 12.3. The Morgan fingerprint density at radius 1 is 0.836 bits per heavy atom. The van der Waals surface area contributed by atoms with Crippen molar-refractivity contribution in [2.75, 3.05) is 62.7 Å². The maximum atomic E-state index is 12.3. The number of aromatic nitrogens is 2. The number of imide groups is 1. The van der Waals surface area contributed by atoms with Gasteiger partial charge in [0.1, 0.15) is 18.4 Å². The highest BCUT2D eigenvalue weighted by Gasteiger charge is 2.32. The van der Waals surface area contributed by atoms with E-state index in [1.165, 1.54) is 58.1 Å². The number of nitrogens with zero attached hydrogens (tertiary/aromatic N) is 6. The number of nitriles is 1. The van der Waals surface area contributed by atoms with Crippen LogP contribution in [0.1, 0.15) is 99.1 Å². The molecule has 4 aliphatic heterocycles. The van der Waals surface area contributed by atoms with E-state index in [0.29, 0.717) is 41.7 Å². The minimum absolute atomic E-state index is 0.167. The zero-order valence-corrected chi connectivity index (χ0v) is 36.5. The molecule has 2 amide bonds. The highest BCUT2D eigenvalue weighted by Crippen LogP contribution is 2.39. The lowest BCUT2D eigenvalue weighted by atomic mass is 9.77. The van der Waals surface area contributed by atoms with E-state index in [2.05, 4.69) is 81.3 Å². The molecule has 0 radical (unpaired) electrons. The Kier molecular flexibility index (Phi) is 13.1. The fourth-order valence-electron chi connectivity index (χ4n) is 10.00. The number of carbonyl (C=O) groups is 2. The minimum Gasteiger partial charge on any atom is -0.494 e. The molecule has 4 aromatic rings. The van der Waals surface area contributed by atoms with E-state index in [1.807, 2.05) is 36.5 Å². The number of carbonyl (C=O) groups excluding carboxylic acids is 2. The fraction of sp³-hybridized carbons (Fsp3) is 0.490. The average Bonchev–Trinajstić information content (AvgIpc) is 3.29. The normalized spacial score (nSPS) is 20.0. The summed E-state index contributed by atoms with van der Waals surface area (Å²) < 4.78 is 11.5. The van der Waals surface area contributed by atoms with Crippen LogP contribution < -0.4 is 24.6 Å². The van der Waals surface area contributed by atoms with Crippen molar-refractivity contribution in [2.24, 2.45) is 17.8 Å². The molecular weight excluding hydrogens is 786 g/mol. The number of piperidine rings is 4. The molecule has 5 heterocycles. The third-order valence-electron chi connectivity index (χ3n) is 13.9. The number of halogens is 1. The number of hydrogen-bond donors (Lipinski definition) is 1. The molecule has 4 fully saturated rings. The first-order chi connectivity index (χ1) is 29.6. The number of anilines is 2. The summed E-state index contributed by atoms with van der Waals surface area (Å²) in [5, 5.41) is 12.6. The number of ether oxygens (including phenoxy) is 2. The number of hydrogen-bond acceptors (Lipinski definition) is 10. The van der Waals surface area contributed by atoms with Crippen LogP contribution >= 0.6 is 11.6 Å². The predicted octanol–water partition coefficient (Wildman–Crippen LogP) is 8.28. The molecule has 3 aromatic carbocycles. The van der Waals surface area contributed by atoms with Gasteiger partial charge in [0, 0.05) is 56.4 Å².